The lowest BCUT2D eigenvalue weighted by Gasteiger charge is -2.12. The second-order valence-corrected chi connectivity index (χ2v) is 5.79. The number of halogens is 1. The molecular weight excluding hydrogens is 321 g/mol. The van der Waals surface area contributed by atoms with Gasteiger partial charge in [-0.2, -0.15) is 0 Å². The molecule has 0 fully saturated rings. The van der Waals surface area contributed by atoms with Gasteiger partial charge in [0.2, 0.25) is 5.88 Å². The molecule has 0 amide bonds. The number of carbonyl (C=O) groups is 1. The van der Waals surface area contributed by atoms with E-state index in [1.54, 1.807) is 32.4 Å². The highest BCUT2D eigenvalue weighted by molar-refractivity contribution is 5.96. The summed E-state index contributed by atoms with van der Waals surface area (Å²) in [5.74, 6) is -0.633. The molecule has 1 aliphatic carbocycles. The second-order valence-electron chi connectivity index (χ2n) is 5.79. The van der Waals surface area contributed by atoms with Crippen LogP contribution in [0.15, 0.2) is 36.5 Å². The third-order valence-corrected chi connectivity index (χ3v) is 4.32. The standard InChI is InChI=1S/C20H20FNO3/c1-3-25-20(23)17-12-13(9-10-18(17)21)14-6-4-7-15(14)16-8-5-11-22-19(16)24-2/h5,8-12H,3-4,6-7H2,1-2H3. The molecule has 130 valence electrons. The Hall–Kier alpha value is -2.69. The SMILES string of the molecule is CCOC(=O)c1cc(C2=C(c3cccnc3OC)CCC2)ccc1F. The zero-order chi connectivity index (χ0) is 17.8. The smallest absolute Gasteiger partial charge is 0.341 e. The van der Waals surface area contributed by atoms with Gasteiger partial charge >= 0.3 is 5.97 Å². The molecule has 0 N–H and O–H groups in total. The maximum atomic E-state index is 14.0. The van der Waals surface area contributed by atoms with E-state index in [9.17, 15) is 9.18 Å². The van der Waals surface area contributed by atoms with Crippen LogP contribution in [0, 0.1) is 5.82 Å². The number of methoxy groups -OCH3 is 1. The van der Waals surface area contributed by atoms with Crippen molar-refractivity contribution in [2.75, 3.05) is 13.7 Å². The number of ether oxygens (including phenoxy) is 2. The van der Waals surface area contributed by atoms with Crippen molar-refractivity contribution < 1.29 is 18.7 Å². The Labute approximate surface area is 146 Å². The van der Waals surface area contributed by atoms with E-state index in [-0.39, 0.29) is 12.2 Å². The molecule has 0 saturated heterocycles. The monoisotopic (exact) mass is 341 g/mol. The van der Waals surface area contributed by atoms with Crippen LogP contribution in [-0.4, -0.2) is 24.7 Å². The molecule has 1 aromatic heterocycles. The van der Waals surface area contributed by atoms with Gasteiger partial charge in [-0.15, -0.1) is 0 Å². The average Bonchev–Trinajstić information content (AvgIpc) is 3.11. The molecule has 25 heavy (non-hydrogen) atoms. The van der Waals surface area contributed by atoms with Gasteiger partial charge in [0, 0.05) is 11.8 Å². The van der Waals surface area contributed by atoms with Crippen molar-refractivity contribution in [1.82, 2.24) is 4.98 Å². The molecule has 0 unspecified atom stereocenters. The van der Waals surface area contributed by atoms with Crippen LogP contribution in [0.3, 0.4) is 0 Å². The average molecular weight is 341 g/mol. The number of hydrogen-bond donors (Lipinski definition) is 0. The van der Waals surface area contributed by atoms with Gasteiger partial charge in [0.25, 0.3) is 0 Å². The van der Waals surface area contributed by atoms with E-state index in [0.29, 0.717) is 5.88 Å². The Balaban J connectivity index is 2.08. The van der Waals surface area contributed by atoms with Crippen LogP contribution >= 0.6 is 0 Å². The maximum absolute atomic E-state index is 14.0. The number of carbonyl (C=O) groups excluding carboxylic acids is 1. The Morgan fingerprint density at radius 1 is 1.24 bits per heavy atom. The first kappa shape index (κ1) is 17.1. The zero-order valence-corrected chi connectivity index (χ0v) is 14.3. The fourth-order valence-corrected chi connectivity index (χ4v) is 3.22. The molecule has 2 aromatic rings. The van der Waals surface area contributed by atoms with Crippen molar-refractivity contribution in [3.63, 3.8) is 0 Å². The maximum Gasteiger partial charge on any atom is 0.341 e. The molecule has 1 aliphatic rings. The first-order valence-corrected chi connectivity index (χ1v) is 8.34. The quantitative estimate of drug-likeness (QED) is 0.751. The van der Waals surface area contributed by atoms with Crippen LogP contribution in [0.4, 0.5) is 4.39 Å². The van der Waals surface area contributed by atoms with Gasteiger partial charge in [0.15, 0.2) is 0 Å². The molecule has 0 spiro atoms. The number of rotatable bonds is 5. The van der Waals surface area contributed by atoms with Gasteiger partial charge in [-0.3, -0.25) is 0 Å². The van der Waals surface area contributed by atoms with Gasteiger partial charge in [0.05, 0.1) is 19.3 Å². The van der Waals surface area contributed by atoms with E-state index < -0.39 is 11.8 Å². The summed E-state index contributed by atoms with van der Waals surface area (Å²) >= 11 is 0. The van der Waals surface area contributed by atoms with Crippen LogP contribution in [0.2, 0.25) is 0 Å². The molecule has 3 rings (SSSR count). The van der Waals surface area contributed by atoms with Gasteiger partial charge in [-0.1, -0.05) is 6.07 Å². The van der Waals surface area contributed by atoms with Crippen molar-refractivity contribution >= 4 is 17.1 Å². The minimum Gasteiger partial charge on any atom is -0.481 e. The topological polar surface area (TPSA) is 48.4 Å². The van der Waals surface area contributed by atoms with Crippen molar-refractivity contribution in [2.24, 2.45) is 0 Å². The Morgan fingerprint density at radius 3 is 2.80 bits per heavy atom. The Morgan fingerprint density at radius 2 is 2.04 bits per heavy atom. The molecule has 4 nitrogen and oxygen atoms in total. The predicted octanol–water partition coefficient (Wildman–Crippen LogP) is 4.50. The summed E-state index contributed by atoms with van der Waals surface area (Å²) in [7, 11) is 1.60. The summed E-state index contributed by atoms with van der Waals surface area (Å²) in [5, 5.41) is 0. The summed E-state index contributed by atoms with van der Waals surface area (Å²) in [6, 6.07) is 8.46. The minimum absolute atomic E-state index is 0.0312. The lowest BCUT2D eigenvalue weighted by Crippen LogP contribution is -2.07. The first-order chi connectivity index (χ1) is 12.2. The van der Waals surface area contributed by atoms with Crippen molar-refractivity contribution in [2.45, 2.75) is 26.2 Å². The van der Waals surface area contributed by atoms with E-state index >= 15 is 0 Å². The van der Waals surface area contributed by atoms with Crippen LogP contribution in [0.1, 0.15) is 47.7 Å². The first-order valence-electron chi connectivity index (χ1n) is 8.34. The Kier molecular flexibility index (Phi) is 5.12. The van der Waals surface area contributed by atoms with E-state index in [0.717, 1.165) is 41.5 Å². The largest absolute Gasteiger partial charge is 0.481 e. The number of aromatic nitrogens is 1. The lowest BCUT2D eigenvalue weighted by molar-refractivity contribution is 0.0521. The summed E-state index contributed by atoms with van der Waals surface area (Å²) in [4.78, 5) is 16.2. The van der Waals surface area contributed by atoms with E-state index in [1.165, 1.54) is 6.07 Å². The highest BCUT2D eigenvalue weighted by Crippen LogP contribution is 2.42. The third-order valence-electron chi connectivity index (χ3n) is 4.32. The van der Waals surface area contributed by atoms with Gasteiger partial charge in [0.1, 0.15) is 5.82 Å². The summed E-state index contributed by atoms with van der Waals surface area (Å²) < 4.78 is 24.3. The van der Waals surface area contributed by atoms with Gasteiger partial charge in [-0.05, 0) is 67.2 Å². The fourth-order valence-electron chi connectivity index (χ4n) is 3.22. The molecule has 5 heteroatoms. The van der Waals surface area contributed by atoms with E-state index in [2.05, 4.69) is 4.98 Å². The van der Waals surface area contributed by atoms with Gasteiger partial charge < -0.3 is 9.47 Å². The lowest BCUT2D eigenvalue weighted by atomic mass is 9.96. The molecule has 0 aliphatic heterocycles. The molecule has 0 radical (unpaired) electrons. The normalized spacial score (nSPS) is 13.9. The van der Waals surface area contributed by atoms with Crippen molar-refractivity contribution in [3.05, 3.63) is 59.0 Å². The molecular formula is C20H20FNO3. The Bertz CT molecular complexity index is 829. The minimum atomic E-state index is -0.638. The number of esters is 1. The number of hydrogen-bond acceptors (Lipinski definition) is 4. The van der Waals surface area contributed by atoms with Crippen LogP contribution < -0.4 is 4.74 Å². The summed E-state index contributed by atoms with van der Waals surface area (Å²) in [5.41, 5.74) is 3.97. The zero-order valence-electron chi connectivity index (χ0n) is 14.3. The molecule has 1 aromatic carbocycles. The molecule has 1 heterocycles. The highest BCUT2D eigenvalue weighted by atomic mass is 19.1. The molecule has 0 atom stereocenters. The predicted molar refractivity (Wildman–Crippen MR) is 93.8 cm³/mol. The van der Waals surface area contributed by atoms with Crippen LogP contribution in [0.25, 0.3) is 11.1 Å². The summed E-state index contributed by atoms with van der Waals surface area (Å²) in [6.45, 7) is 1.91. The number of allylic oxidation sites excluding steroid dienone is 2. The summed E-state index contributed by atoms with van der Waals surface area (Å²) in [6.07, 6.45) is 4.44. The number of benzene rings is 1. The molecule has 0 bridgehead atoms. The highest BCUT2D eigenvalue weighted by Gasteiger charge is 2.22. The number of pyridine rings is 1. The fraction of sp³-hybridized carbons (Fsp3) is 0.300. The second kappa shape index (κ2) is 7.47. The number of nitrogens with zero attached hydrogens (tertiary/aromatic N) is 1. The van der Waals surface area contributed by atoms with E-state index in [4.69, 9.17) is 9.47 Å². The van der Waals surface area contributed by atoms with Gasteiger partial charge in [-0.25, -0.2) is 14.2 Å². The van der Waals surface area contributed by atoms with Crippen LogP contribution in [-0.2, 0) is 4.74 Å². The molecule has 0 saturated carbocycles. The third kappa shape index (κ3) is 3.40. The van der Waals surface area contributed by atoms with Crippen molar-refractivity contribution in [3.8, 4) is 5.88 Å². The van der Waals surface area contributed by atoms with E-state index in [1.807, 2.05) is 12.1 Å². The van der Waals surface area contributed by atoms with Crippen molar-refractivity contribution in [1.29, 1.82) is 0 Å². The van der Waals surface area contributed by atoms with Crippen LogP contribution in [0.5, 0.6) is 5.88 Å².